The summed E-state index contributed by atoms with van der Waals surface area (Å²) in [6.45, 7) is 6.16. The molecule has 0 amide bonds. The Morgan fingerprint density at radius 1 is 1.17 bits per heavy atom. The van der Waals surface area contributed by atoms with Gasteiger partial charge in [-0.25, -0.2) is 0 Å². The summed E-state index contributed by atoms with van der Waals surface area (Å²) in [5.41, 5.74) is 0. The van der Waals surface area contributed by atoms with Gasteiger partial charge in [-0.2, -0.15) is 12.6 Å². The minimum atomic E-state index is 0. The molecule has 0 unspecified atom stereocenters. The summed E-state index contributed by atoms with van der Waals surface area (Å²) < 4.78 is 0.194. The molecule has 40 valence electrons. The van der Waals surface area contributed by atoms with Crippen LogP contribution in [0.25, 0.3) is 0 Å². The normalized spacial score (nSPS) is 10.0. The maximum atomic E-state index is 4.12. The molecule has 0 aromatic rings. The fourth-order valence-corrected chi connectivity index (χ4v) is 0. The predicted octanol–water partition coefficient (Wildman–Crippen LogP) is 1.88. The molecule has 1 nitrogen and oxygen atoms in total. The zero-order chi connectivity index (χ0) is 4.50. The number of hydrogen-bond acceptors (Lipinski definition) is 2. The maximum absolute atomic E-state index is 4.12. The third kappa shape index (κ3) is 491. The highest BCUT2D eigenvalue weighted by Gasteiger charge is 1.96. The summed E-state index contributed by atoms with van der Waals surface area (Å²) in [5, 5.41) is 0. The van der Waals surface area contributed by atoms with Gasteiger partial charge in [0.2, 0.25) is 0 Å². The van der Waals surface area contributed by atoms with E-state index in [9.17, 15) is 0 Å². The van der Waals surface area contributed by atoms with E-state index in [-0.39, 0.29) is 10.9 Å². The Bertz CT molecular complexity index is 23.0. The Morgan fingerprint density at radius 3 is 1.17 bits per heavy atom. The Hall–Kier alpha value is 0.310. The predicted molar refractivity (Wildman–Crippen MR) is 33.8 cm³/mol. The summed E-state index contributed by atoms with van der Waals surface area (Å²) in [5.74, 6) is 0. The molecule has 3 N–H and O–H groups in total. The minimum Gasteiger partial charge on any atom is -0.344 e. The van der Waals surface area contributed by atoms with Crippen molar-refractivity contribution < 1.29 is 0 Å². The smallest absolute Gasteiger partial charge is 0.00449 e. The molecule has 0 aromatic carbocycles. The lowest BCUT2D eigenvalue weighted by molar-refractivity contribution is 0.812. The summed E-state index contributed by atoms with van der Waals surface area (Å²) in [4.78, 5) is 0. The Kier molecular flexibility index (Phi) is 3.95. The first-order valence-corrected chi connectivity index (χ1v) is 2.17. The second-order valence-corrected chi connectivity index (χ2v) is 3.51. The number of hydrogen-bond donors (Lipinski definition) is 2. The van der Waals surface area contributed by atoms with E-state index in [1.165, 1.54) is 0 Å². The van der Waals surface area contributed by atoms with E-state index in [4.69, 9.17) is 0 Å². The summed E-state index contributed by atoms with van der Waals surface area (Å²) in [6.07, 6.45) is 0. The van der Waals surface area contributed by atoms with E-state index in [0.717, 1.165) is 0 Å². The number of rotatable bonds is 0. The first kappa shape index (κ1) is 9.58. The highest BCUT2D eigenvalue weighted by atomic mass is 32.1. The van der Waals surface area contributed by atoms with Crippen molar-refractivity contribution in [2.45, 2.75) is 25.5 Å². The molecule has 2 heteroatoms. The van der Waals surface area contributed by atoms with Crippen LogP contribution in [-0.2, 0) is 0 Å². The van der Waals surface area contributed by atoms with E-state index in [1.807, 2.05) is 0 Å². The van der Waals surface area contributed by atoms with Crippen LogP contribution in [0.2, 0.25) is 0 Å². The topological polar surface area (TPSA) is 35.0 Å². The lowest BCUT2D eigenvalue weighted by Gasteiger charge is -2.04. The van der Waals surface area contributed by atoms with Crippen molar-refractivity contribution in [3.8, 4) is 0 Å². The van der Waals surface area contributed by atoms with Gasteiger partial charge in [-0.1, -0.05) is 20.8 Å². The molecule has 0 saturated heterocycles. The van der Waals surface area contributed by atoms with Crippen molar-refractivity contribution in [1.29, 1.82) is 0 Å². The van der Waals surface area contributed by atoms with E-state index in [0.29, 0.717) is 0 Å². The van der Waals surface area contributed by atoms with Crippen LogP contribution in [0, 0.1) is 0 Å². The van der Waals surface area contributed by atoms with E-state index in [2.05, 4.69) is 33.4 Å². The van der Waals surface area contributed by atoms with Crippen LogP contribution in [-0.4, -0.2) is 4.75 Å². The Balaban J connectivity index is 0. The van der Waals surface area contributed by atoms with Gasteiger partial charge in [0.15, 0.2) is 0 Å². The molecule has 0 atom stereocenters. The van der Waals surface area contributed by atoms with Crippen molar-refractivity contribution >= 4 is 12.6 Å². The van der Waals surface area contributed by atoms with E-state index >= 15 is 0 Å². The van der Waals surface area contributed by atoms with E-state index < -0.39 is 0 Å². The van der Waals surface area contributed by atoms with Gasteiger partial charge in [-0.15, -0.1) is 0 Å². The zero-order valence-electron chi connectivity index (χ0n) is 4.65. The fourth-order valence-electron chi connectivity index (χ4n) is 0. The Labute approximate surface area is 45.1 Å². The largest absolute Gasteiger partial charge is 0.344 e. The van der Waals surface area contributed by atoms with Crippen molar-refractivity contribution in [3.63, 3.8) is 0 Å². The van der Waals surface area contributed by atoms with Gasteiger partial charge in [0.25, 0.3) is 0 Å². The van der Waals surface area contributed by atoms with Crippen LogP contribution >= 0.6 is 12.6 Å². The lowest BCUT2D eigenvalue weighted by atomic mass is 10.3. The van der Waals surface area contributed by atoms with Crippen molar-refractivity contribution in [2.75, 3.05) is 0 Å². The third-order valence-corrected chi connectivity index (χ3v) is 0. The molecule has 0 aromatic heterocycles. The quantitative estimate of drug-likeness (QED) is 0.455. The molecular weight excluding hydrogens is 94.1 g/mol. The van der Waals surface area contributed by atoms with Crippen molar-refractivity contribution in [2.24, 2.45) is 0 Å². The van der Waals surface area contributed by atoms with Gasteiger partial charge in [-0.3, -0.25) is 0 Å². The first-order valence-electron chi connectivity index (χ1n) is 1.72. The van der Waals surface area contributed by atoms with Crippen LogP contribution in [0.3, 0.4) is 0 Å². The molecule has 0 aliphatic carbocycles. The van der Waals surface area contributed by atoms with Crippen LogP contribution in [0.1, 0.15) is 20.8 Å². The zero-order valence-corrected chi connectivity index (χ0v) is 5.55. The molecule has 0 bridgehead atoms. The maximum Gasteiger partial charge on any atom is 0.00449 e. The minimum absolute atomic E-state index is 0. The molecule has 0 saturated carbocycles. The van der Waals surface area contributed by atoms with Gasteiger partial charge in [0.05, 0.1) is 0 Å². The van der Waals surface area contributed by atoms with Crippen molar-refractivity contribution in [3.05, 3.63) is 0 Å². The fraction of sp³-hybridized carbons (Fsp3) is 1.00. The first-order chi connectivity index (χ1) is 2.00. The van der Waals surface area contributed by atoms with Crippen LogP contribution in [0.15, 0.2) is 0 Å². The van der Waals surface area contributed by atoms with Crippen molar-refractivity contribution in [1.82, 2.24) is 6.15 Å². The summed E-state index contributed by atoms with van der Waals surface area (Å²) >= 11 is 4.12. The van der Waals surface area contributed by atoms with Gasteiger partial charge in [0.1, 0.15) is 0 Å². The summed E-state index contributed by atoms with van der Waals surface area (Å²) in [7, 11) is 0. The molecular formula is C4H13NS. The third-order valence-electron chi connectivity index (χ3n) is 0. The van der Waals surface area contributed by atoms with Gasteiger partial charge >= 0.3 is 0 Å². The highest BCUT2D eigenvalue weighted by molar-refractivity contribution is 7.81. The molecule has 0 spiro atoms. The van der Waals surface area contributed by atoms with Gasteiger partial charge in [0, 0.05) is 4.75 Å². The monoisotopic (exact) mass is 107 g/mol. The molecule has 0 heterocycles. The standard InChI is InChI=1S/C4H10S.H3N/c1-4(2,3)5;/h5H,1-3H3;1H3. The SMILES string of the molecule is CC(C)(C)S.N. The van der Waals surface area contributed by atoms with Gasteiger partial charge in [-0.05, 0) is 0 Å². The summed E-state index contributed by atoms with van der Waals surface area (Å²) in [6, 6.07) is 0. The average molecular weight is 107 g/mol. The molecule has 0 aliphatic heterocycles. The average Bonchev–Trinajstić information content (AvgIpc) is 0.722. The molecule has 6 heavy (non-hydrogen) atoms. The second kappa shape index (κ2) is 2.48. The molecule has 0 fully saturated rings. The highest BCUT2D eigenvalue weighted by Crippen LogP contribution is 2.07. The second-order valence-electron chi connectivity index (χ2n) is 2.17. The molecule has 0 rings (SSSR count). The Morgan fingerprint density at radius 2 is 1.17 bits per heavy atom. The van der Waals surface area contributed by atoms with E-state index in [1.54, 1.807) is 0 Å². The van der Waals surface area contributed by atoms with Crippen LogP contribution in [0.5, 0.6) is 0 Å². The van der Waals surface area contributed by atoms with Gasteiger partial charge < -0.3 is 6.15 Å². The van der Waals surface area contributed by atoms with Crippen LogP contribution < -0.4 is 6.15 Å². The molecule has 0 aliphatic rings. The molecule has 0 radical (unpaired) electrons. The van der Waals surface area contributed by atoms with Crippen LogP contribution in [0.4, 0.5) is 0 Å². The number of thiol groups is 1. The lowest BCUT2D eigenvalue weighted by Crippen LogP contribution is -1.99.